The van der Waals surface area contributed by atoms with Gasteiger partial charge in [0.25, 0.3) is 0 Å². The molecule has 2 rings (SSSR count). The summed E-state index contributed by atoms with van der Waals surface area (Å²) in [5.74, 6) is -3.15. The van der Waals surface area contributed by atoms with E-state index in [0.29, 0.717) is 6.61 Å². The number of ether oxygens (including phenoxy) is 5. The molecular weight excluding hydrogens is 396 g/mol. The van der Waals surface area contributed by atoms with Crippen LogP contribution in [0.3, 0.4) is 0 Å². The molecular formula is C21H30O9. The number of carbonyl (C=O) groups is 2. The van der Waals surface area contributed by atoms with Gasteiger partial charge in [-0.05, 0) is 26.3 Å². The minimum absolute atomic E-state index is 0.0250. The molecule has 1 saturated heterocycles. The van der Waals surface area contributed by atoms with Gasteiger partial charge in [0.1, 0.15) is 18.3 Å². The second-order valence-corrected chi connectivity index (χ2v) is 7.48. The minimum Gasteiger partial charge on any atom is -0.469 e. The van der Waals surface area contributed by atoms with Crippen LogP contribution in [-0.4, -0.2) is 72.2 Å². The van der Waals surface area contributed by atoms with Crippen LogP contribution >= 0.6 is 0 Å². The molecule has 9 nitrogen and oxygen atoms in total. The van der Waals surface area contributed by atoms with Gasteiger partial charge in [-0.25, -0.2) is 4.79 Å². The van der Waals surface area contributed by atoms with Crippen molar-refractivity contribution in [2.75, 3.05) is 20.3 Å². The minimum atomic E-state index is -2.57. The van der Waals surface area contributed by atoms with Gasteiger partial charge < -0.3 is 33.9 Å². The molecule has 0 unspecified atom stereocenters. The Morgan fingerprint density at radius 2 is 1.90 bits per heavy atom. The Hall–Kier alpha value is -2.04. The lowest BCUT2D eigenvalue weighted by atomic mass is 9.87. The third kappa shape index (κ3) is 5.99. The largest absolute Gasteiger partial charge is 0.469 e. The van der Waals surface area contributed by atoms with Crippen LogP contribution in [-0.2, 0) is 39.9 Å². The Kier molecular flexibility index (Phi) is 8.34. The normalized spacial score (nSPS) is 23.4. The second-order valence-electron chi connectivity index (χ2n) is 7.48. The van der Waals surface area contributed by atoms with E-state index in [1.165, 1.54) is 0 Å². The fraction of sp³-hybridized carbons (Fsp3) is 0.619. The average Bonchev–Trinajstić information content (AvgIpc) is 3.02. The number of hydrogen-bond donors (Lipinski definition) is 2. The van der Waals surface area contributed by atoms with Crippen LogP contribution in [0, 0.1) is 0 Å². The number of esters is 2. The number of aliphatic hydroxyl groups excluding tert-OH is 1. The average molecular weight is 426 g/mol. The van der Waals surface area contributed by atoms with E-state index in [0.717, 1.165) is 12.7 Å². The van der Waals surface area contributed by atoms with Gasteiger partial charge in [-0.2, -0.15) is 0 Å². The van der Waals surface area contributed by atoms with E-state index >= 15 is 0 Å². The van der Waals surface area contributed by atoms with E-state index in [2.05, 4.69) is 4.74 Å². The number of hydrogen-bond acceptors (Lipinski definition) is 9. The summed E-state index contributed by atoms with van der Waals surface area (Å²) in [4.78, 5) is 24.2. The van der Waals surface area contributed by atoms with Crippen molar-refractivity contribution in [3.63, 3.8) is 0 Å². The van der Waals surface area contributed by atoms with Crippen molar-refractivity contribution < 1.29 is 43.5 Å². The predicted octanol–water partition coefficient (Wildman–Crippen LogP) is 0.942. The van der Waals surface area contributed by atoms with Crippen molar-refractivity contribution in [1.82, 2.24) is 0 Å². The number of rotatable bonds is 10. The number of methoxy groups -OCH3 is 1. The van der Waals surface area contributed by atoms with E-state index in [-0.39, 0.29) is 13.2 Å². The second kappa shape index (κ2) is 10.3. The van der Waals surface area contributed by atoms with Crippen molar-refractivity contribution in [2.45, 2.75) is 63.5 Å². The molecule has 1 aromatic rings. The maximum atomic E-state index is 12.4. The van der Waals surface area contributed by atoms with Gasteiger partial charge in [0, 0.05) is 0 Å². The van der Waals surface area contributed by atoms with Crippen molar-refractivity contribution in [3.8, 4) is 0 Å². The van der Waals surface area contributed by atoms with Crippen LogP contribution in [0.4, 0.5) is 0 Å². The highest BCUT2D eigenvalue weighted by atomic mass is 16.8. The fourth-order valence-corrected chi connectivity index (χ4v) is 3.24. The Balaban J connectivity index is 2.17. The Morgan fingerprint density at radius 1 is 1.23 bits per heavy atom. The van der Waals surface area contributed by atoms with E-state index in [1.807, 2.05) is 30.3 Å². The molecule has 1 heterocycles. The summed E-state index contributed by atoms with van der Waals surface area (Å²) < 4.78 is 26.7. The molecule has 4 atom stereocenters. The molecule has 1 aromatic carbocycles. The van der Waals surface area contributed by atoms with E-state index in [9.17, 15) is 19.8 Å². The van der Waals surface area contributed by atoms with Crippen molar-refractivity contribution >= 4 is 11.9 Å². The topological polar surface area (TPSA) is 121 Å². The Morgan fingerprint density at radius 3 is 2.50 bits per heavy atom. The van der Waals surface area contributed by atoms with Crippen LogP contribution < -0.4 is 0 Å². The molecule has 1 aliphatic heterocycles. The fourth-order valence-electron chi connectivity index (χ4n) is 3.24. The highest BCUT2D eigenvalue weighted by Crippen LogP contribution is 2.35. The molecule has 0 aromatic heterocycles. The molecule has 0 aliphatic carbocycles. The smallest absolute Gasteiger partial charge is 0.341 e. The zero-order chi connectivity index (χ0) is 22.4. The summed E-state index contributed by atoms with van der Waals surface area (Å²) in [5.41, 5.74) is -1.63. The first-order valence-electron chi connectivity index (χ1n) is 9.74. The standard InChI is InChI=1S/C21H30O9/c1-5-28-19(24)21(25,11-16(22)26-4)18(23)17-15(29-20(2,3)30-17)13-27-12-14-9-7-6-8-10-14/h6-10,15,17-18,23,25H,5,11-13H2,1-4H3/t15-,17+,18-,21-/m0/s1. The van der Waals surface area contributed by atoms with E-state index in [1.54, 1.807) is 20.8 Å². The molecule has 0 amide bonds. The maximum absolute atomic E-state index is 12.4. The highest BCUT2D eigenvalue weighted by Gasteiger charge is 2.56. The first-order chi connectivity index (χ1) is 14.1. The van der Waals surface area contributed by atoms with Crippen LogP contribution in [0.15, 0.2) is 30.3 Å². The molecule has 9 heteroatoms. The summed E-state index contributed by atoms with van der Waals surface area (Å²) in [6.45, 7) is 5.08. The van der Waals surface area contributed by atoms with Crippen molar-refractivity contribution in [3.05, 3.63) is 35.9 Å². The van der Waals surface area contributed by atoms with Crippen LogP contribution in [0.5, 0.6) is 0 Å². The number of carbonyl (C=O) groups excluding carboxylic acids is 2. The maximum Gasteiger partial charge on any atom is 0.341 e. The first kappa shape index (κ1) is 24.2. The van der Waals surface area contributed by atoms with Gasteiger partial charge in [-0.1, -0.05) is 30.3 Å². The molecule has 168 valence electrons. The van der Waals surface area contributed by atoms with Gasteiger partial charge in [-0.15, -0.1) is 0 Å². The summed E-state index contributed by atoms with van der Waals surface area (Å²) in [6, 6.07) is 9.46. The van der Waals surface area contributed by atoms with Crippen LogP contribution in [0.1, 0.15) is 32.8 Å². The van der Waals surface area contributed by atoms with Crippen LogP contribution in [0.2, 0.25) is 0 Å². The van der Waals surface area contributed by atoms with E-state index in [4.69, 9.17) is 18.9 Å². The van der Waals surface area contributed by atoms with Gasteiger partial charge >= 0.3 is 11.9 Å². The molecule has 2 N–H and O–H groups in total. The number of benzene rings is 1. The Bertz CT molecular complexity index is 706. The molecule has 0 radical (unpaired) electrons. The summed E-state index contributed by atoms with van der Waals surface area (Å²) in [7, 11) is 1.11. The Labute approximate surface area is 175 Å². The lowest BCUT2D eigenvalue weighted by Gasteiger charge is -2.34. The summed E-state index contributed by atoms with van der Waals surface area (Å²) >= 11 is 0. The van der Waals surface area contributed by atoms with Gasteiger partial charge in [0.05, 0.1) is 33.4 Å². The zero-order valence-electron chi connectivity index (χ0n) is 17.7. The predicted molar refractivity (Wildman–Crippen MR) is 104 cm³/mol. The molecule has 1 fully saturated rings. The van der Waals surface area contributed by atoms with Crippen LogP contribution in [0.25, 0.3) is 0 Å². The highest BCUT2D eigenvalue weighted by molar-refractivity contribution is 5.86. The lowest BCUT2D eigenvalue weighted by Crippen LogP contribution is -2.59. The quantitative estimate of drug-likeness (QED) is 0.527. The van der Waals surface area contributed by atoms with Crippen molar-refractivity contribution in [2.24, 2.45) is 0 Å². The number of aliphatic hydroxyl groups is 2. The van der Waals surface area contributed by atoms with Crippen molar-refractivity contribution in [1.29, 1.82) is 0 Å². The molecule has 1 aliphatic rings. The van der Waals surface area contributed by atoms with Gasteiger partial charge in [0.15, 0.2) is 5.79 Å². The first-order valence-corrected chi connectivity index (χ1v) is 9.74. The lowest BCUT2D eigenvalue weighted by molar-refractivity contribution is -0.203. The third-order valence-electron chi connectivity index (χ3n) is 4.69. The monoisotopic (exact) mass is 426 g/mol. The molecule has 0 bridgehead atoms. The third-order valence-corrected chi connectivity index (χ3v) is 4.69. The van der Waals surface area contributed by atoms with Gasteiger partial charge in [0.2, 0.25) is 5.60 Å². The molecule has 0 spiro atoms. The summed E-state index contributed by atoms with van der Waals surface area (Å²) in [6.07, 6.45) is -4.60. The SMILES string of the molecule is CCOC(=O)[C@](O)(CC(=O)OC)[C@@H](O)[C@@H]1OC(C)(C)O[C@H]1COCc1ccccc1. The molecule has 30 heavy (non-hydrogen) atoms. The zero-order valence-corrected chi connectivity index (χ0v) is 17.7. The van der Waals surface area contributed by atoms with E-state index < -0.39 is 48.1 Å². The van der Waals surface area contributed by atoms with Gasteiger partial charge in [-0.3, -0.25) is 4.79 Å². The molecule has 0 saturated carbocycles. The summed E-state index contributed by atoms with van der Waals surface area (Å²) in [5, 5.41) is 21.8.